The highest BCUT2D eigenvalue weighted by atomic mass is 32.2. The van der Waals surface area contributed by atoms with Gasteiger partial charge in [0.2, 0.25) is 15.9 Å². The molecule has 0 saturated carbocycles. The summed E-state index contributed by atoms with van der Waals surface area (Å²) in [5, 5.41) is 0. The molecule has 26 heavy (non-hydrogen) atoms. The van der Waals surface area contributed by atoms with Crippen molar-refractivity contribution in [3.05, 3.63) is 54.0 Å². The molecule has 0 fully saturated rings. The first kappa shape index (κ1) is 20.2. The average Bonchev–Trinajstić information content (AvgIpc) is 3.06. The van der Waals surface area contributed by atoms with Crippen molar-refractivity contribution < 1.29 is 17.6 Å². The van der Waals surface area contributed by atoms with Crippen LogP contribution in [0.4, 0.5) is 0 Å². The molecule has 0 spiro atoms. The quantitative estimate of drug-likeness (QED) is 0.766. The smallest absolute Gasteiger partial charge is 0.241 e. The molecule has 0 aliphatic carbocycles. The molecule has 0 radical (unpaired) electrons. The van der Waals surface area contributed by atoms with Crippen LogP contribution in [0.3, 0.4) is 0 Å². The Balaban J connectivity index is 2.17. The van der Waals surface area contributed by atoms with Crippen molar-refractivity contribution in [1.82, 2.24) is 9.62 Å². The normalized spacial score (nSPS) is 13.0. The molecular formula is C19H26N2O4S. The molecule has 0 saturated heterocycles. The number of sulfonamides is 1. The highest BCUT2D eigenvalue weighted by Crippen LogP contribution is 2.15. The van der Waals surface area contributed by atoms with Gasteiger partial charge in [0.15, 0.2) is 0 Å². The number of hydrogen-bond acceptors (Lipinski definition) is 4. The lowest BCUT2D eigenvalue weighted by Crippen LogP contribution is -2.47. The number of likely N-dealkylation sites (N-methyl/N-ethyl adjacent to an activating group) is 1. The molecule has 142 valence electrons. The topological polar surface area (TPSA) is 79.6 Å². The fourth-order valence-corrected chi connectivity index (χ4v) is 3.83. The third kappa shape index (κ3) is 5.44. The molecule has 1 N–H and O–H groups in total. The Kier molecular flexibility index (Phi) is 6.61. The number of furan rings is 1. The second-order valence-electron chi connectivity index (χ2n) is 6.89. The maximum atomic E-state index is 12.8. The van der Waals surface area contributed by atoms with Gasteiger partial charge in [0, 0.05) is 7.05 Å². The molecule has 0 aliphatic rings. The van der Waals surface area contributed by atoms with Gasteiger partial charge < -0.3 is 9.32 Å². The van der Waals surface area contributed by atoms with Crippen LogP contribution < -0.4 is 4.72 Å². The van der Waals surface area contributed by atoms with Crippen LogP contribution in [0.15, 0.2) is 52.0 Å². The van der Waals surface area contributed by atoms with E-state index in [1.165, 1.54) is 4.90 Å². The van der Waals surface area contributed by atoms with Crippen molar-refractivity contribution in [2.24, 2.45) is 5.92 Å². The molecule has 1 amide bonds. The molecule has 1 aromatic carbocycles. The molecule has 7 heteroatoms. The van der Waals surface area contributed by atoms with E-state index in [9.17, 15) is 13.2 Å². The summed E-state index contributed by atoms with van der Waals surface area (Å²) in [6, 6.07) is 9.24. The van der Waals surface area contributed by atoms with Crippen molar-refractivity contribution in [1.29, 1.82) is 0 Å². The van der Waals surface area contributed by atoms with E-state index in [1.807, 2.05) is 20.8 Å². The standard InChI is InChI=1S/C19H26N2O4S/c1-14(2)12-18(19(22)21(4)13-16-6-5-11-25-16)20-26(23,24)17-9-7-15(3)8-10-17/h5-11,14,18,20H,12-13H2,1-4H3. The van der Waals surface area contributed by atoms with Crippen molar-refractivity contribution in [2.45, 2.75) is 44.7 Å². The zero-order valence-corrected chi connectivity index (χ0v) is 16.4. The van der Waals surface area contributed by atoms with E-state index < -0.39 is 16.1 Å². The summed E-state index contributed by atoms with van der Waals surface area (Å²) in [4.78, 5) is 14.5. The first-order valence-corrected chi connectivity index (χ1v) is 10.0. The fourth-order valence-electron chi connectivity index (χ4n) is 2.62. The van der Waals surface area contributed by atoms with Crippen LogP contribution in [0, 0.1) is 12.8 Å². The van der Waals surface area contributed by atoms with E-state index in [0.29, 0.717) is 12.2 Å². The molecular weight excluding hydrogens is 352 g/mol. The zero-order chi connectivity index (χ0) is 19.3. The molecule has 0 aliphatic heterocycles. The summed E-state index contributed by atoms with van der Waals surface area (Å²) in [7, 11) is -2.15. The van der Waals surface area contributed by atoms with Gasteiger partial charge in [-0.2, -0.15) is 4.72 Å². The summed E-state index contributed by atoms with van der Waals surface area (Å²) in [6.45, 7) is 6.07. The summed E-state index contributed by atoms with van der Waals surface area (Å²) in [6.07, 6.45) is 1.95. The first-order valence-electron chi connectivity index (χ1n) is 8.55. The zero-order valence-electron chi connectivity index (χ0n) is 15.6. The Morgan fingerprint density at radius 1 is 1.19 bits per heavy atom. The third-order valence-electron chi connectivity index (χ3n) is 3.98. The van der Waals surface area contributed by atoms with Crippen LogP contribution in [0.2, 0.25) is 0 Å². The van der Waals surface area contributed by atoms with Crippen molar-refractivity contribution in [2.75, 3.05) is 7.05 Å². The fraction of sp³-hybridized carbons (Fsp3) is 0.421. The summed E-state index contributed by atoms with van der Waals surface area (Å²) in [5.74, 6) is 0.512. The highest BCUT2D eigenvalue weighted by Gasteiger charge is 2.29. The lowest BCUT2D eigenvalue weighted by molar-refractivity contribution is -0.132. The molecule has 1 unspecified atom stereocenters. The van der Waals surface area contributed by atoms with Crippen molar-refractivity contribution in [3.63, 3.8) is 0 Å². The van der Waals surface area contributed by atoms with Crippen LogP contribution in [0.5, 0.6) is 0 Å². The predicted octanol–water partition coefficient (Wildman–Crippen LogP) is 2.94. The van der Waals surface area contributed by atoms with Gasteiger partial charge in [0.1, 0.15) is 11.8 Å². The Hall–Kier alpha value is -2.12. The minimum absolute atomic E-state index is 0.151. The Morgan fingerprint density at radius 2 is 1.85 bits per heavy atom. The first-order chi connectivity index (χ1) is 12.2. The number of rotatable bonds is 8. The van der Waals surface area contributed by atoms with Crippen molar-refractivity contribution in [3.8, 4) is 0 Å². The maximum Gasteiger partial charge on any atom is 0.241 e. The molecule has 1 heterocycles. The van der Waals surface area contributed by atoms with Crippen LogP contribution >= 0.6 is 0 Å². The van der Waals surface area contributed by atoms with Gasteiger partial charge in [-0.25, -0.2) is 8.42 Å². The van der Waals surface area contributed by atoms with E-state index in [1.54, 1.807) is 49.7 Å². The molecule has 1 atom stereocenters. The summed E-state index contributed by atoms with van der Waals surface area (Å²) in [5.41, 5.74) is 0.969. The van der Waals surface area contributed by atoms with Gasteiger partial charge in [0.25, 0.3) is 0 Å². The van der Waals surface area contributed by atoms with Crippen molar-refractivity contribution >= 4 is 15.9 Å². The van der Waals surface area contributed by atoms with Gasteiger partial charge in [-0.05, 0) is 43.5 Å². The molecule has 1 aromatic heterocycles. The average molecular weight is 378 g/mol. The van der Waals surface area contributed by atoms with Gasteiger partial charge in [-0.1, -0.05) is 31.5 Å². The molecule has 2 aromatic rings. The van der Waals surface area contributed by atoms with Gasteiger partial charge >= 0.3 is 0 Å². The van der Waals surface area contributed by atoms with Crippen LogP contribution in [0.25, 0.3) is 0 Å². The van der Waals surface area contributed by atoms with Crippen LogP contribution in [0.1, 0.15) is 31.6 Å². The number of amides is 1. The van der Waals surface area contributed by atoms with E-state index in [0.717, 1.165) is 5.56 Å². The van der Waals surface area contributed by atoms with Crippen LogP contribution in [-0.4, -0.2) is 32.3 Å². The number of carbonyl (C=O) groups excluding carboxylic acids is 1. The lowest BCUT2D eigenvalue weighted by Gasteiger charge is -2.25. The number of benzene rings is 1. The Labute approximate surface area is 155 Å². The van der Waals surface area contributed by atoms with E-state index in [-0.39, 0.29) is 23.3 Å². The minimum Gasteiger partial charge on any atom is -0.467 e. The van der Waals surface area contributed by atoms with E-state index >= 15 is 0 Å². The number of aryl methyl sites for hydroxylation is 1. The number of carbonyl (C=O) groups is 1. The van der Waals surface area contributed by atoms with Gasteiger partial charge in [-0.15, -0.1) is 0 Å². The number of hydrogen-bond donors (Lipinski definition) is 1. The largest absolute Gasteiger partial charge is 0.467 e. The third-order valence-corrected chi connectivity index (χ3v) is 5.47. The number of nitrogens with one attached hydrogen (secondary N) is 1. The minimum atomic E-state index is -3.78. The summed E-state index contributed by atoms with van der Waals surface area (Å²) >= 11 is 0. The molecule has 2 rings (SSSR count). The predicted molar refractivity (Wildman–Crippen MR) is 99.9 cm³/mol. The van der Waals surface area contributed by atoms with E-state index in [2.05, 4.69) is 4.72 Å². The highest BCUT2D eigenvalue weighted by molar-refractivity contribution is 7.89. The molecule has 0 bridgehead atoms. The molecule has 6 nitrogen and oxygen atoms in total. The maximum absolute atomic E-state index is 12.8. The Morgan fingerprint density at radius 3 is 2.38 bits per heavy atom. The van der Waals surface area contributed by atoms with Crippen LogP contribution in [-0.2, 0) is 21.4 Å². The lowest BCUT2D eigenvalue weighted by atomic mass is 10.0. The number of nitrogens with zero attached hydrogens (tertiary/aromatic N) is 1. The van der Waals surface area contributed by atoms with E-state index in [4.69, 9.17) is 4.42 Å². The Bertz CT molecular complexity index is 812. The van der Waals surface area contributed by atoms with Gasteiger partial charge in [-0.3, -0.25) is 4.79 Å². The second kappa shape index (κ2) is 8.51. The summed E-state index contributed by atoms with van der Waals surface area (Å²) < 4.78 is 33.2. The second-order valence-corrected chi connectivity index (χ2v) is 8.60. The SMILES string of the molecule is Cc1ccc(S(=O)(=O)NC(CC(C)C)C(=O)N(C)Cc2ccco2)cc1. The monoisotopic (exact) mass is 378 g/mol. The van der Waals surface area contributed by atoms with Gasteiger partial charge in [0.05, 0.1) is 17.7 Å².